The molecule has 0 spiro atoms. The number of hydrogen-bond donors (Lipinski definition) is 0. The third-order valence-corrected chi connectivity index (χ3v) is 4.27. The molecule has 1 heterocycles. The average Bonchev–Trinajstić information content (AvgIpc) is 2.73. The van der Waals surface area contributed by atoms with Gasteiger partial charge in [-0.2, -0.15) is 0 Å². The predicted molar refractivity (Wildman–Crippen MR) is 85.5 cm³/mol. The Morgan fingerprint density at radius 1 is 1.11 bits per heavy atom. The van der Waals surface area contributed by atoms with Crippen LogP contribution in [-0.2, 0) is 13.0 Å². The minimum Gasteiger partial charge on any atom is -0.299 e. The average molecular weight is 261 g/mol. The summed E-state index contributed by atoms with van der Waals surface area (Å²) in [5.41, 5.74) is 4.41. The highest BCUT2D eigenvalue weighted by Gasteiger charge is 2.25. The summed E-state index contributed by atoms with van der Waals surface area (Å²) in [4.78, 5) is 2.60. The largest absolute Gasteiger partial charge is 0.299 e. The number of likely N-dealkylation sites (tertiary alicyclic amines) is 1. The normalized spacial score (nSPS) is 23.1. The van der Waals surface area contributed by atoms with Crippen LogP contribution < -0.4 is 0 Å². The molecular formula is C18H31N. The molecule has 1 nitrogen and oxygen atoms in total. The molecule has 0 aliphatic carbocycles. The van der Waals surface area contributed by atoms with Crippen molar-refractivity contribution in [1.82, 2.24) is 4.90 Å². The number of nitrogens with zero attached hydrogens (tertiary/aromatic N) is 1. The zero-order chi connectivity index (χ0) is 14.4. The number of aryl methyl sites for hydroxylation is 2. The third kappa shape index (κ3) is 4.35. The van der Waals surface area contributed by atoms with Crippen molar-refractivity contribution in [1.29, 1.82) is 0 Å². The van der Waals surface area contributed by atoms with Crippen LogP contribution in [0.15, 0.2) is 18.2 Å². The topological polar surface area (TPSA) is 3.24 Å². The molecule has 2 rings (SSSR count). The van der Waals surface area contributed by atoms with E-state index in [0.29, 0.717) is 0 Å². The van der Waals surface area contributed by atoms with E-state index in [2.05, 4.69) is 50.8 Å². The molecule has 0 radical (unpaired) electrons. The van der Waals surface area contributed by atoms with Gasteiger partial charge in [0.2, 0.25) is 0 Å². The molecule has 1 aliphatic rings. The molecular weight excluding hydrogens is 230 g/mol. The third-order valence-electron chi connectivity index (χ3n) is 4.27. The lowest BCUT2D eigenvalue weighted by Crippen LogP contribution is -2.20. The Morgan fingerprint density at radius 2 is 1.68 bits per heavy atom. The van der Waals surface area contributed by atoms with E-state index in [1.807, 2.05) is 13.8 Å². The van der Waals surface area contributed by atoms with Crippen molar-refractivity contribution in [3.8, 4) is 0 Å². The van der Waals surface area contributed by atoms with Crippen LogP contribution in [0.2, 0.25) is 0 Å². The van der Waals surface area contributed by atoms with Crippen LogP contribution in [0.5, 0.6) is 0 Å². The fraction of sp³-hybridized carbons (Fsp3) is 0.667. The Kier molecular flexibility index (Phi) is 6.57. The Labute approximate surface area is 120 Å². The molecule has 0 bridgehead atoms. The van der Waals surface area contributed by atoms with Crippen LogP contribution in [-0.4, -0.2) is 18.0 Å². The van der Waals surface area contributed by atoms with Gasteiger partial charge in [-0.3, -0.25) is 4.90 Å². The molecule has 1 saturated heterocycles. The van der Waals surface area contributed by atoms with Crippen LogP contribution in [0.1, 0.15) is 51.3 Å². The standard InChI is InChI=1S/C16H25N.C2H6/c1-5-15-6-7-16(12(2)8-15)11-17-9-13(3)14(4)10-17;1-2/h6-8,13-14H,5,9-11H2,1-4H3;1-2H3/t13-,14+;. The van der Waals surface area contributed by atoms with Crippen molar-refractivity contribution >= 4 is 0 Å². The lowest BCUT2D eigenvalue weighted by Gasteiger charge is -2.17. The number of benzene rings is 1. The number of rotatable bonds is 3. The first-order valence-corrected chi connectivity index (χ1v) is 7.91. The Hall–Kier alpha value is -0.820. The Balaban J connectivity index is 0.000000861. The summed E-state index contributed by atoms with van der Waals surface area (Å²) in [5.74, 6) is 1.70. The summed E-state index contributed by atoms with van der Waals surface area (Å²) in [6.45, 7) is 16.9. The smallest absolute Gasteiger partial charge is 0.0236 e. The van der Waals surface area contributed by atoms with E-state index in [0.717, 1.165) is 24.8 Å². The molecule has 0 saturated carbocycles. The molecule has 2 atom stereocenters. The van der Waals surface area contributed by atoms with Crippen molar-refractivity contribution in [2.45, 2.75) is 54.5 Å². The van der Waals surface area contributed by atoms with E-state index in [1.54, 1.807) is 0 Å². The highest BCUT2D eigenvalue weighted by atomic mass is 15.1. The lowest BCUT2D eigenvalue weighted by molar-refractivity contribution is 0.315. The molecule has 19 heavy (non-hydrogen) atoms. The molecule has 1 aliphatic heterocycles. The van der Waals surface area contributed by atoms with Crippen molar-refractivity contribution in [3.63, 3.8) is 0 Å². The van der Waals surface area contributed by atoms with Crippen molar-refractivity contribution in [2.24, 2.45) is 11.8 Å². The van der Waals surface area contributed by atoms with E-state index in [4.69, 9.17) is 0 Å². The monoisotopic (exact) mass is 261 g/mol. The molecule has 1 heteroatoms. The maximum absolute atomic E-state index is 2.60. The lowest BCUT2D eigenvalue weighted by atomic mass is 10.0. The molecule has 1 fully saturated rings. The summed E-state index contributed by atoms with van der Waals surface area (Å²) in [6.07, 6.45) is 1.14. The van der Waals surface area contributed by atoms with Gasteiger partial charge >= 0.3 is 0 Å². The molecule has 0 N–H and O–H groups in total. The Morgan fingerprint density at radius 3 is 2.16 bits per heavy atom. The summed E-state index contributed by atoms with van der Waals surface area (Å²) in [6, 6.07) is 6.95. The zero-order valence-electron chi connectivity index (χ0n) is 13.7. The van der Waals surface area contributed by atoms with Gasteiger partial charge in [0, 0.05) is 19.6 Å². The first kappa shape index (κ1) is 16.2. The maximum Gasteiger partial charge on any atom is 0.0236 e. The SMILES string of the molecule is CC.CCc1ccc(CN2C[C@@H](C)[C@@H](C)C2)c(C)c1. The highest BCUT2D eigenvalue weighted by molar-refractivity contribution is 5.31. The molecule has 1 aromatic carbocycles. The molecule has 108 valence electrons. The van der Waals surface area contributed by atoms with Gasteiger partial charge in [-0.15, -0.1) is 0 Å². The minimum atomic E-state index is 0.852. The van der Waals surface area contributed by atoms with Gasteiger partial charge in [0.1, 0.15) is 0 Å². The fourth-order valence-corrected chi connectivity index (χ4v) is 2.77. The molecule has 0 amide bonds. The van der Waals surface area contributed by atoms with Crippen LogP contribution in [0.4, 0.5) is 0 Å². The molecule has 0 unspecified atom stereocenters. The van der Waals surface area contributed by atoms with Crippen molar-refractivity contribution in [2.75, 3.05) is 13.1 Å². The van der Waals surface area contributed by atoms with E-state index in [-0.39, 0.29) is 0 Å². The first-order valence-electron chi connectivity index (χ1n) is 7.91. The van der Waals surface area contributed by atoms with Crippen LogP contribution in [0.3, 0.4) is 0 Å². The minimum absolute atomic E-state index is 0.852. The van der Waals surface area contributed by atoms with Gasteiger partial charge in [-0.25, -0.2) is 0 Å². The number of hydrogen-bond acceptors (Lipinski definition) is 1. The van der Waals surface area contributed by atoms with Gasteiger partial charge < -0.3 is 0 Å². The summed E-state index contributed by atoms with van der Waals surface area (Å²) in [5, 5.41) is 0. The second-order valence-electron chi connectivity index (χ2n) is 5.76. The van der Waals surface area contributed by atoms with Crippen molar-refractivity contribution in [3.05, 3.63) is 34.9 Å². The summed E-state index contributed by atoms with van der Waals surface area (Å²) in [7, 11) is 0. The molecule has 0 aromatic heterocycles. The zero-order valence-corrected chi connectivity index (χ0v) is 13.7. The van der Waals surface area contributed by atoms with Gasteiger partial charge in [-0.05, 0) is 41.9 Å². The first-order chi connectivity index (χ1) is 9.10. The fourth-order valence-electron chi connectivity index (χ4n) is 2.77. The summed E-state index contributed by atoms with van der Waals surface area (Å²) >= 11 is 0. The van der Waals surface area contributed by atoms with Gasteiger partial charge in [0.25, 0.3) is 0 Å². The van der Waals surface area contributed by atoms with Gasteiger partial charge in [0.15, 0.2) is 0 Å². The van der Waals surface area contributed by atoms with Crippen LogP contribution >= 0.6 is 0 Å². The van der Waals surface area contributed by atoms with E-state index in [1.165, 1.54) is 29.8 Å². The van der Waals surface area contributed by atoms with Gasteiger partial charge in [0.05, 0.1) is 0 Å². The van der Waals surface area contributed by atoms with Gasteiger partial charge in [-0.1, -0.05) is 52.8 Å². The van der Waals surface area contributed by atoms with E-state index in [9.17, 15) is 0 Å². The highest BCUT2D eigenvalue weighted by Crippen LogP contribution is 2.24. The second kappa shape index (κ2) is 7.69. The van der Waals surface area contributed by atoms with E-state index < -0.39 is 0 Å². The van der Waals surface area contributed by atoms with Crippen molar-refractivity contribution < 1.29 is 0 Å². The second-order valence-corrected chi connectivity index (χ2v) is 5.76. The van der Waals surface area contributed by atoms with Crippen LogP contribution in [0.25, 0.3) is 0 Å². The maximum atomic E-state index is 2.60. The quantitative estimate of drug-likeness (QED) is 0.764. The van der Waals surface area contributed by atoms with E-state index >= 15 is 0 Å². The Bertz CT molecular complexity index is 373. The summed E-state index contributed by atoms with van der Waals surface area (Å²) < 4.78 is 0. The van der Waals surface area contributed by atoms with Crippen LogP contribution in [0, 0.1) is 18.8 Å². The predicted octanol–water partition coefficient (Wildman–Crippen LogP) is 4.67. The molecule has 1 aromatic rings.